The van der Waals surface area contributed by atoms with Crippen molar-refractivity contribution in [3.63, 3.8) is 0 Å². The molecule has 82 valence electrons. The average Bonchev–Trinajstić information content (AvgIpc) is 2.30. The zero-order chi connectivity index (χ0) is 10.7. The van der Waals surface area contributed by atoms with Crippen molar-refractivity contribution in [1.82, 2.24) is 0 Å². The van der Waals surface area contributed by atoms with E-state index < -0.39 is 0 Å². The molecule has 1 saturated heterocycles. The lowest BCUT2D eigenvalue weighted by molar-refractivity contribution is 0.0596. The van der Waals surface area contributed by atoms with Crippen molar-refractivity contribution in [3.8, 4) is 0 Å². The summed E-state index contributed by atoms with van der Waals surface area (Å²) in [7, 11) is 0. The smallest absolute Gasteiger partial charge is 0.0468 e. The second-order valence-corrected chi connectivity index (χ2v) is 4.73. The van der Waals surface area contributed by atoms with Crippen LogP contribution in [0.25, 0.3) is 0 Å². The van der Waals surface area contributed by atoms with Crippen molar-refractivity contribution < 1.29 is 4.74 Å². The number of benzene rings is 1. The van der Waals surface area contributed by atoms with Crippen LogP contribution in [0.2, 0.25) is 5.02 Å². The quantitative estimate of drug-likeness (QED) is 0.741. The van der Waals surface area contributed by atoms with Crippen molar-refractivity contribution in [1.29, 1.82) is 0 Å². The first-order valence-corrected chi connectivity index (χ1v) is 5.98. The van der Waals surface area contributed by atoms with E-state index in [1.54, 1.807) is 0 Å². The van der Waals surface area contributed by atoms with E-state index in [1.165, 1.54) is 18.4 Å². The highest BCUT2D eigenvalue weighted by Crippen LogP contribution is 2.31. The number of hydrogen-bond donors (Lipinski definition) is 0. The fourth-order valence-electron chi connectivity index (χ4n) is 2.25. The van der Waals surface area contributed by atoms with E-state index in [1.807, 2.05) is 12.1 Å². The van der Waals surface area contributed by atoms with Crippen LogP contribution in [0.4, 0.5) is 0 Å². The van der Waals surface area contributed by atoms with Gasteiger partial charge in [0.1, 0.15) is 0 Å². The monoisotopic (exact) mass is 224 g/mol. The summed E-state index contributed by atoms with van der Waals surface area (Å²) in [4.78, 5) is 0. The standard InChI is InChI=1S/C13H17ClO/c1-10(12-6-8-15-9-7-12)11-2-4-13(14)5-3-11/h2-5,10,12H,6-9H2,1H3/t10-/m0/s1. The third-order valence-electron chi connectivity index (χ3n) is 3.37. The Morgan fingerprint density at radius 2 is 1.80 bits per heavy atom. The maximum Gasteiger partial charge on any atom is 0.0468 e. The highest BCUT2D eigenvalue weighted by molar-refractivity contribution is 6.30. The van der Waals surface area contributed by atoms with Crippen LogP contribution in [0, 0.1) is 5.92 Å². The van der Waals surface area contributed by atoms with Gasteiger partial charge in [0, 0.05) is 18.2 Å². The molecule has 0 bridgehead atoms. The van der Waals surface area contributed by atoms with Crippen LogP contribution in [0.3, 0.4) is 0 Å². The molecule has 0 aliphatic carbocycles. The lowest BCUT2D eigenvalue weighted by atomic mass is 9.83. The summed E-state index contributed by atoms with van der Waals surface area (Å²) in [5, 5.41) is 0.818. The van der Waals surface area contributed by atoms with Crippen LogP contribution in [-0.4, -0.2) is 13.2 Å². The second-order valence-electron chi connectivity index (χ2n) is 4.29. The van der Waals surface area contributed by atoms with Crippen molar-refractivity contribution >= 4 is 11.6 Å². The van der Waals surface area contributed by atoms with Crippen LogP contribution in [0.15, 0.2) is 24.3 Å². The summed E-state index contributed by atoms with van der Waals surface area (Å²) >= 11 is 5.88. The van der Waals surface area contributed by atoms with Crippen LogP contribution in [0.5, 0.6) is 0 Å². The van der Waals surface area contributed by atoms with Gasteiger partial charge in [-0.05, 0) is 42.4 Å². The van der Waals surface area contributed by atoms with Crippen molar-refractivity contribution in [2.75, 3.05) is 13.2 Å². The lowest BCUT2D eigenvalue weighted by Gasteiger charge is -2.28. The molecular formula is C13H17ClO. The molecule has 2 heteroatoms. The van der Waals surface area contributed by atoms with E-state index in [9.17, 15) is 0 Å². The number of hydrogen-bond acceptors (Lipinski definition) is 1. The van der Waals surface area contributed by atoms with Gasteiger partial charge < -0.3 is 4.74 Å². The molecule has 0 unspecified atom stereocenters. The SMILES string of the molecule is C[C@@H](c1ccc(Cl)cc1)C1CCOCC1. The summed E-state index contributed by atoms with van der Waals surface area (Å²) in [6.07, 6.45) is 2.37. The predicted molar refractivity (Wildman–Crippen MR) is 63.4 cm³/mol. The van der Waals surface area contributed by atoms with Gasteiger partial charge >= 0.3 is 0 Å². The van der Waals surface area contributed by atoms with E-state index in [4.69, 9.17) is 16.3 Å². The van der Waals surface area contributed by atoms with Crippen LogP contribution in [0.1, 0.15) is 31.2 Å². The first-order valence-electron chi connectivity index (χ1n) is 5.60. The van der Waals surface area contributed by atoms with Crippen LogP contribution >= 0.6 is 11.6 Å². The fourth-order valence-corrected chi connectivity index (χ4v) is 2.38. The Kier molecular flexibility index (Phi) is 3.66. The van der Waals surface area contributed by atoms with Gasteiger partial charge in [0.15, 0.2) is 0 Å². The summed E-state index contributed by atoms with van der Waals surface area (Å²) in [5.74, 6) is 1.38. The average molecular weight is 225 g/mol. The molecule has 1 aliphatic heterocycles. The molecule has 0 spiro atoms. The molecule has 0 N–H and O–H groups in total. The highest BCUT2D eigenvalue weighted by Gasteiger charge is 2.21. The highest BCUT2D eigenvalue weighted by atomic mass is 35.5. The molecule has 0 saturated carbocycles. The third-order valence-corrected chi connectivity index (χ3v) is 3.62. The molecule has 1 aromatic carbocycles. The van der Waals surface area contributed by atoms with Gasteiger partial charge in [-0.1, -0.05) is 30.7 Å². The Morgan fingerprint density at radius 1 is 1.20 bits per heavy atom. The molecule has 2 rings (SSSR count). The minimum absolute atomic E-state index is 0.617. The summed E-state index contributed by atoms with van der Waals surface area (Å²) in [5.41, 5.74) is 1.39. The van der Waals surface area contributed by atoms with Crippen molar-refractivity contribution in [3.05, 3.63) is 34.9 Å². The van der Waals surface area contributed by atoms with Crippen LogP contribution in [-0.2, 0) is 4.74 Å². The normalized spacial score (nSPS) is 20.1. The van der Waals surface area contributed by atoms with E-state index in [0.29, 0.717) is 5.92 Å². The molecule has 0 radical (unpaired) electrons. The summed E-state index contributed by atoms with van der Waals surface area (Å²) < 4.78 is 5.38. The topological polar surface area (TPSA) is 9.23 Å². The summed E-state index contributed by atoms with van der Waals surface area (Å²) in [6.45, 7) is 4.14. The number of ether oxygens (including phenoxy) is 1. The van der Waals surface area contributed by atoms with E-state index >= 15 is 0 Å². The number of halogens is 1. The molecule has 0 aromatic heterocycles. The zero-order valence-electron chi connectivity index (χ0n) is 9.08. The Bertz CT molecular complexity index is 301. The minimum Gasteiger partial charge on any atom is -0.381 e. The van der Waals surface area contributed by atoms with Gasteiger partial charge in [-0.2, -0.15) is 0 Å². The third kappa shape index (κ3) is 2.73. The fraction of sp³-hybridized carbons (Fsp3) is 0.538. The molecule has 15 heavy (non-hydrogen) atoms. The van der Waals surface area contributed by atoms with Crippen molar-refractivity contribution in [2.45, 2.75) is 25.7 Å². The minimum atomic E-state index is 0.617. The lowest BCUT2D eigenvalue weighted by Crippen LogP contribution is -2.20. The molecule has 0 amide bonds. The molecule has 1 aromatic rings. The second kappa shape index (κ2) is 5.00. The molecule has 1 heterocycles. The van der Waals surface area contributed by atoms with E-state index in [0.717, 1.165) is 24.2 Å². The largest absolute Gasteiger partial charge is 0.381 e. The van der Waals surface area contributed by atoms with Gasteiger partial charge in [-0.25, -0.2) is 0 Å². The Balaban J connectivity index is 2.05. The van der Waals surface area contributed by atoms with Gasteiger partial charge in [-0.15, -0.1) is 0 Å². The first kappa shape index (κ1) is 11.0. The Hall–Kier alpha value is -0.530. The molecule has 1 aliphatic rings. The Morgan fingerprint density at radius 3 is 2.40 bits per heavy atom. The maximum absolute atomic E-state index is 5.88. The summed E-state index contributed by atoms with van der Waals surface area (Å²) in [6, 6.07) is 8.24. The van der Waals surface area contributed by atoms with Gasteiger partial charge in [0.2, 0.25) is 0 Å². The maximum atomic E-state index is 5.88. The van der Waals surface area contributed by atoms with E-state index in [2.05, 4.69) is 19.1 Å². The van der Waals surface area contributed by atoms with Gasteiger partial charge in [0.05, 0.1) is 0 Å². The predicted octanol–water partition coefficient (Wildman–Crippen LogP) is 3.87. The van der Waals surface area contributed by atoms with Crippen molar-refractivity contribution in [2.24, 2.45) is 5.92 Å². The zero-order valence-corrected chi connectivity index (χ0v) is 9.83. The molecule has 1 fully saturated rings. The van der Waals surface area contributed by atoms with Crippen LogP contribution < -0.4 is 0 Å². The number of rotatable bonds is 2. The van der Waals surface area contributed by atoms with E-state index in [-0.39, 0.29) is 0 Å². The van der Waals surface area contributed by atoms with Gasteiger partial charge in [-0.3, -0.25) is 0 Å². The molecular weight excluding hydrogens is 208 g/mol. The molecule has 1 atom stereocenters. The van der Waals surface area contributed by atoms with Gasteiger partial charge in [0.25, 0.3) is 0 Å². The Labute approximate surface area is 96.4 Å². The first-order chi connectivity index (χ1) is 7.27. The molecule has 1 nitrogen and oxygen atoms in total.